The quantitative estimate of drug-likeness (QED) is 0.467. The fraction of sp³-hybridized carbons (Fsp3) is 0.333. The summed E-state index contributed by atoms with van der Waals surface area (Å²) in [5.41, 5.74) is 1.12. The van der Waals surface area contributed by atoms with E-state index in [1.54, 1.807) is 7.11 Å². The normalized spacial score (nSPS) is 20.3. The molecule has 1 saturated carbocycles. The molecule has 0 amide bonds. The standard InChI is InChI=1S/C13H16O2.5CO.W/c1-10-12(8-15-2)13(10,9-14)11-6-4-3-5-7-11;5*1-2;/h3-7,10,12,14H,9H2,1-2H3;;;;;;/t10-,12-,13-;;;;;;/m1....../s1. The maximum absolute atomic E-state index is 9.74. The molecule has 1 N–H and O–H groups in total. The third-order valence-corrected chi connectivity index (χ3v) is 5.30. The summed E-state index contributed by atoms with van der Waals surface area (Å²) in [5.74, 6) is 0.840. The molecule has 0 aliphatic heterocycles. The van der Waals surface area contributed by atoms with Gasteiger partial charge in [-0.25, -0.2) is 0 Å². The number of hydrogen-bond acceptors (Lipinski definition) is 2. The van der Waals surface area contributed by atoms with Crippen LogP contribution in [0, 0.1) is 45.1 Å². The maximum atomic E-state index is 9.74. The average Bonchev–Trinajstić information content (AvgIpc) is 3.40. The van der Waals surface area contributed by atoms with Crippen LogP contribution in [0.5, 0.6) is 0 Å². The van der Waals surface area contributed by atoms with Crippen molar-refractivity contribution in [3.05, 3.63) is 69.1 Å². The average molecular weight is 528 g/mol. The van der Waals surface area contributed by atoms with E-state index in [1.807, 2.05) is 18.2 Å². The third kappa shape index (κ3) is 8.18. The van der Waals surface area contributed by atoms with Crippen molar-refractivity contribution in [1.29, 1.82) is 0 Å². The predicted octanol–water partition coefficient (Wildman–Crippen LogP) is 1.32. The number of aliphatic hydroxyl groups excluding tert-OH is 1. The van der Waals surface area contributed by atoms with Gasteiger partial charge in [0.25, 0.3) is 0 Å². The molecule has 1 aliphatic rings. The molecule has 1 fully saturated rings. The molecule has 26 heavy (non-hydrogen) atoms. The molecule has 1 aromatic carbocycles. The monoisotopic (exact) mass is 528 g/mol. The summed E-state index contributed by atoms with van der Waals surface area (Å²) in [6, 6.07) is 10.3. The van der Waals surface area contributed by atoms with E-state index in [1.165, 1.54) is 24.9 Å². The van der Waals surface area contributed by atoms with E-state index in [-0.39, 0.29) is 12.0 Å². The Bertz CT molecular complexity index is 554. The van der Waals surface area contributed by atoms with Crippen molar-refractivity contribution in [1.82, 2.24) is 0 Å². The molecule has 8 heteroatoms. The molecule has 0 unspecified atom stereocenters. The summed E-state index contributed by atoms with van der Waals surface area (Å²) in [6.45, 7) is 24.9. The Balaban J connectivity index is -0.000000210. The zero-order chi connectivity index (χ0) is 21.8. The molecule has 0 radical (unpaired) electrons. The van der Waals surface area contributed by atoms with Crippen molar-refractivity contribution in [2.75, 3.05) is 13.7 Å². The number of hydrogen-bond donors (Lipinski definition) is 1. The molecule has 0 spiro atoms. The molecule has 136 valence electrons. The molecule has 1 aromatic rings. The van der Waals surface area contributed by atoms with Crippen LogP contribution in [0.4, 0.5) is 0 Å². The van der Waals surface area contributed by atoms with Crippen LogP contribution in [-0.4, -0.2) is 22.9 Å². The zero-order valence-electron chi connectivity index (χ0n) is 14.1. The van der Waals surface area contributed by atoms with Crippen LogP contribution in [0.2, 0.25) is 0 Å². The first-order chi connectivity index (χ1) is 12.7. The molecular formula is C18H16O7W. The van der Waals surface area contributed by atoms with Gasteiger partial charge in [0.1, 0.15) is 0 Å². The summed E-state index contributed by atoms with van der Waals surface area (Å²) in [7, 11) is 1.72. The van der Waals surface area contributed by atoms with Crippen LogP contribution >= 0.6 is 0 Å². The van der Waals surface area contributed by atoms with Crippen molar-refractivity contribution in [2.24, 2.45) is 11.8 Å². The van der Waals surface area contributed by atoms with E-state index in [9.17, 15) is 5.11 Å². The number of methoxy groups -OCH3 is 1. The first-order valence-electron chi connectivity index (χ1n) is 6.44. The van der Waals surface area contributed by atoms with Crippen LogP contribution in [0.15, 0.2) is 30.3 Å². The van der Waals surface area contributed by atoms with Crippen molar-refractivity contribution >= 4 is 4.08 Å². The van der Waals surface area contributed by atoms with Gasteiger partial charge in [-0.3, -0.25) is 0 Å². The molecule has 0 aromatic heterocycles. The van der Waals surface area contributed by atoms with Gasteiger partial charge in [-0.2, -0.15) is 0 Å². The minimum absolute atomic E-state index is 0.103. The van der Waals surface area contributed by atoms with E-state index in [0.29, 0.717) is 11.8 Å². The van der Waals surface area contributed by atoms with Crippen LogP contribution in [-0.2, 0) is 52.8 Å². The Morgan fingerprint density at radius 2 is 1.38 bits per heavy atom. The number of aliphatic hydroxyl groups is 1. The fourth-order valence-corrected chi connectivity index (χ4v) is 4.18. The van der Waals surface area contributed by atoms with Gasteiger partial charge < -0.3 is 0 Å². The Labute approximate surface area is 163 Å². The third-order valence-electron chi connectivity index (χ3n) is 3.79. The second-order valence-electron chi connectivity index (χ2n) is 4.35. The minimum atomic E-state index is -0.103. The van der Waals surface area contributed by atoms with Gasteiger partial charge in [0.2, 0.25) is 0 Å². The van der Waals surface area contributed by atoms with E-state index < -0.39 is 0 Å². The van der Waals surface area contributed by atoms with Crippen molar-refractivity contribution in [2.45, 2.75) is 12.3 Å². The van der Waals surface area contributed by atoms with Crippen molar-refractivity contribution in [3.63, 3.8) is 0 Å². The number of benzene rings is 1. The molecule has 7 nitrogen and oxygen atoms in total. The van der Waals surface area contributed by atoms with Gasteiger partial charge in [0, 0.05) is 0 Å². The molecule has 0 bridgehead atoms. The first kappa shape index (κ1) is 32.1. The van der Waals surface area contributed by atoms with Crippen LogP contribution in [0.1, 0.15) is 12.5 Å². The van der Waals surface area contributed by atoms with Gasteiger partial charge in [-0.15, -0.1) is 0 Å². The Morgan fingerprint density at radius 1 is 1.00 bits per heavy atom. The van der Waals surface area contributed by atoms with Crippen molar-refractivity contribution < 1.29 is 52.5 Å². The van der Waals surface area contributed by atoms with Crippen molar-refractivity contribution in [3.8, 4) is 0 Å². The topological polar surface area (TPSA) is 129 Å². The Hall–Kier alpha value is -1.60. The summed E-state index contributed by atoms with van der Waals surface area (Å²) in [5, 5.41) is 9.74. The second-order valence-corrected chi connectivity index (χ2v) is 5.80. The van der Waals surface area contributed by atoms with Gasteiger partial charge in [-0.1, -0.05) is 0 Å². The zero-order valence-corrected chi connectivity index (χ0v) is 17.0. The molecule has 0 saturated heterocycles. The predicted molar refractivity (Wildman–Crippen MR) is 79.5 cm³/mol. The van der Waals surface area contributed by atoms with E-state index in [4.69, 9.17) is 28.0 Å². The Kier molecular flexibility index (Phi) is 26.5. The second kappa shape index (κ2) is 21.4. The van der Waals surface area contributed by atoms with Gasteiger partial charge in [0.05, 0.1) is 0 Å². The molecule has 1 aliphatic carbocycles. The first-order valence-corrected chi connectivity index (χ1v) is 7.91. The summed E-state index contributed by atoms with van der Waals surface area (Å²) >= 11 is 1.36. The summed E-state index contributed by atoms with van der Waals surface area (Å²) in [6.07, 6.45) is 0. The molecule has 3 atom stereocenters. The van der Waals surface area contributed by atoms with Gasteiger partial charge >= 0.3 is 164 Å². The van der Waals surface area contributed by atoms with E-state index in [0.717, 1.165) is 4.08 Å². The van der Waals surface area contributed by atoms with Crippen LogP contribution in [0.3, 0.4) is 0 Å². The van der Waals surface area contributed by atoms with Crippen LogP contribution < -0.4 is 0 Å². The Morgan fingerprint density at radius 3 is 1.69 bits per heavy atom. The van der Waals surface area contributed by atoms with Gasteiger partial charge in [0.15, 0.2) is 0 Å². The number of ether oxygens (including phenoxy) is 1. The summed E-state index contributed by atoms with van der Waals surface area (Å²) in [4.78, 5) is 0. The SMILES string of the molecule is CO[C](=[W])[C@@H]1[C@@H](C)[C@]1(CO)c1ccccc1.[C-]#[O+].[C-]#[O+].[C-]#[O+].[C-]#[O+].[C-]#[O+]. The number of rotatable bonds is 4. The fourth-order valence-electron chi connectivity index (χ4n) is 2.70. The molecule has 2 rings (SSSR count). The summed E-state index contributed by atoms with van der Waals surface area (Å²) < 4.78 is 44.0. The molecular weight excluding hydrogens is 512 g/mol. The van der Waals surface area contributed by atoms with E-state index in [2.05, 4.69) is 52.3 Å². The van der Waals surface area contributed by atoms with Gasteiger partial charge in [-0.05, 0) is 0 Å². The van der Waals surface area contributed by atoms with Crippen LogP contribution in [0.25, 0.3) is 0 Å². The molecule has 0 heterocycles. The van der Waals surface area contributed by atoms with E-state index >= 15 is 0 Å².